The summed E-state index contributed by atoms with van der Waals surface area (Å²) in [5.41, 5.74) is 21.2. The monoisotopic (exact) mass is 648 g/mol. The second-order valence-electron chi connectivity index (χ2n) is 12.7. The molecule has 0 bridgehead atoms. The number of anilines is 3. The summed E-state index contributed by atoms with van der Waals surface area (Å²) in [6.45, 7) is 7.57. The fraction of sp³-hybridized carbons (Fsp3) is 0.152. The van der Waals surface area contributed by atoms with Crippen molar-refractivity contribution in [3.05, 3.63) is 196 Å². The number of aryl methyl sites for hydroxylation is 2. The number of rotatable bonds is 12. The maximum atomic E-state index is 5.10. The highest BCUT2D eigenvalue weighted by Gasteiger charge is 2.21. The summed E-state index contributed by atoms with van der Waals surface area (Å²) in [6, 6.07) is 26.6. The molecular formula is C46H40N4. The summed E-state index contributed by atoms with van der Waals surface area (Å²) in [5, 5.41) is 0. The summed E-state index contributed by atoms with van der Waals surface area (Å²) in [4.78, 5) is 16.0. The summed E-state index contributed by atoms with van der Waals surface area (Å²) in [6.07, 6.45) is 26.8. The second kappa shape index (κ2) is 15.4. The van der Waals surface area contributed by atoms with Crippen LogP contribution in [0.25, 0.3) is 0 Å². The van der Waals surface area contributed by atoms with E-state index in [1.807, 2.05) is 42.5 Å². The Morgan fingerprint density at radius 2 is 1.34 bits per heavy atom. The molecule has 1 heterocycles. The van der Waals surface area contributed by atoms with Crippen molar-refractivity contribution in [3.63, 3.8) is 0 Å². The third-order valence-corrected chi connectivity index (χ3v) is 9.42. The third kappa shape index (κ3) is 7.48. The average Bonchev–Trinajstić information content (AvgIpc) is 3.28. The summed E-state index contributed by atoms with van der Waals surface area (Å²) in [5.74, 6) is 0. The lowest BCUT2D eigenvalue weighted by Gasteiger charge is -2.27. The normalized spacial score (nSPS) is 16.1. The van der Waals surface area contributed by atoms with E-state index >= 15 is 0 Å². The molecule has 0 unspecified atom stereocenters. The zero-order valence-electron chi connectivity index (χ0n) is 28.4. The van der Waals surface area contributed by atoms with Gasteiger partial charge in [-0.05, 0) is 146 Å². The molecule has 4 nitrogen and oxygen atoms in total. The molecular weight excluding hydrogens is 609 g/mol. The van der Waals surface area contributed by atoms with E-state index in [9.17, 15) is 0 Å². The summed E-state index contributed by atoms with van der Waals surface area (Å²) in [7, 11) is 0. The first kappa shape index (κ1) is 32.5. The SMILES string of the molecule is C=NC1=C(CCc2cccc(N(c3cccc(CCC4=C(N=C)C=CC=C=C4)c3)c3cccc(C4=NC5=C(C=CCC5)C4)c3)c2)C=CC=C=C1. The standard InChI is InChI=1S/C46H40N4/c1-47-43-23-7-3-5-16-36(43)28-26-34-14-11-20-40(30-34)50(42-22-13-19-38(32-42)46-33-39-18-9-10-25-45(39)49-46)41-21-12-15-35(31-41)27-29-37-17-6-4-8-24-44(37)48-2/h3-5,8-9,11-24,30-32H,1-2,10,25-29,33H2. The van der Waals surface area contributed by atoms with E-state index < -0.39 is 0 Å². The Hall–Kier alpha value is -6.05. The van der Waals surface area contributed by atoms with Gasteiger partial charge >= 0.3 is 0 Å². The molecule has 244 valence electrons. The molecule has 1 aliphatic heterocycles. The topological polar surface area (TPSA) is 40.3 Å². The van der Waals surface area contributed by atoms with Crippen molar-refractivity contribution >= 4 is 36.2 Å². The molecule has 0 N–H and O–H groups in total. The van der Waals surface area contributed by atoms with E-state index in [1.54, 1.807) is 0 Å². The predicted octanol–water partition coefficient (Wildman–Crippen LogP) is 11.3. The van der Waals surface area contributed by atoms with Gasteiger partial charge in [-0.1, -0.05) is 66.8 Å². The van der Waals surface area contributed by atoms with E-state index in [-0.39, 0.29) is 0 Å². The highest BCUT2D eigenvalue weighted by Crippen LogP contribution is 2.38. The van der Waals surface area contributed by atoms with Gasteiger partial charge in [0.25, 0.3) is 0 Å². The van der Waals surface area contributed by atoms with E-state index in [4.69, 9.17) is 4.99 Å². The lowest BCUT2D eigenvalue weighted by molar-refractivity contribution is 0.934. The molecule has 0 aromatic heterocycles. The van der Waals surface area contributed by atoms with Crippen LogP contribution in [0.15, 0.2) is 194 Å². The van der Waals surface area contributed by atoms with Crippen molar-refractivity contribution < 1.29 is 0 Å². The molecule has 0 saturated carbocycles. The van der Waals surface area contributed by atoms with Crippen molar-refractivity contribution in [1.82, 2.24) is 0 Å². The Morgan fingerprint density at radius 1 is 0.680 bits per heavy atom. The smallest absolute Gasteiger partial charge is 0.0731 e. The van der Waals surface area contributed by atoms with Crippen LogP contribution in [0, 0.1) is 0 Å². The van der Waals surface area contributed by atoms with Crippen LogP contribution in [-0.4, -0.2) is 19.1 Å². The Balaban J connectivity index is 1.22. The summed E-state index contributed by atoms with van der Waals surface area (Å²) >= 11 is 0. The van der Waals surface area contributed by atoms with Crippen LogP contribution in [0.4, 0.5) is 17.1 Å². The Morgan fingerprint density at radius 3 is 2.06 bits per heavy atom. The highest BCUT2D eigenvalue weighted by molar-refractivity contribution is 6.05. The van der Waals surface area contributed by atoms with E-state index in [0.29, 0.717) is 0 Å². The van der Waals surface area contributed by atoms with Crippen molar-refractivity contribution in [1.29, 1.82) is 0 Å². The average molecular weight is 649 g/mol. The van der Waals surface area contributed by atoms with Gasteiger partial charge in [-0.2, -0.15) is 0 Å². The Bertz CT molecular complexity index is 2200. The van der Waals surface area contributed by atoms with Gasteiger partial charge in [0, 0.05) is 35.3 Å². The van der Waals surface area contributed by atoms with Crippen molar-refractivity contribution in [2.75, 3.05) is 4.90 Å². The van der Waals surface area contributed by atoms with Crippen LogP contribution in [0.2, 0.25) is 0 Å². The third-order valence-electron chi connectivity index (χ3n) is 9.42. The number of allylic oxidation sites excluding steroid dienone is 12. The van der Waals surface area contributed by atoms with Crippen LogP contribution < -0.4 is 4.90 Å². The van der Waals surface area contributed by atoms with Gasteiger partial charge in [0.1, 0.15) is 0 Å². The molecule has 4 heteroatoms. The first-order valence-corrected chi connectivity index (χ1v) is 17.3. The minimum Gasteiger partial charge on any atom is -0.310 e. The minimum absolute atomic E-state index is 0.844. The zero-order chi connectivity index (χ0) is 34.1. The van der Waals surface area contributed by atoms with Gasteiger partial charge in [0.05, 0.1) is 17.1 Å². The van der Waals surface area contributed by atoms with Gasteiger partial charge in [-0.3, -0.25) is 15.0 Å². The zero-order valence-corrected chi connectivity index (χ0v) is 28.4. The van der Waals surface area contributed by atoms with Gasteiger partial charge in [-0.15, -0.1) is 11.5 Å². The molecule has 50 heavy (non-hydrogen) atoms. The molecule has 3 aromatic rings. The number of benzene rings is 3. The molecule has 0 saturated heterocycles. The first-order chi connectivity index (χ1) is 24.7. The second-order valence-corrected chi connectivity index (χ2v) is 12.7. The van der Waals surface area contributed by atoms with Crippen LogP contribution in [-0.2, 0) is 12.8 Å². The molecule has 7 rings (SSSR count). The van der Waals surface area contributed by atoms with Crippen LogP contribution >= 0.6 is 0 Å². The molecule has 3 aliphatic carbocycles. The molecule has 4 aliphatic rings. The fourth-order valence-corrected chi connectivity index (χ4v) is 6.83. The summed E-state index contributed by atoms with van der Waals surface area (Å²) < 4.78 is 0. The van der Waals surface area contributed by atoms with Gasteiger partial charge in [-0.25, -0.2) is 0 Å². The van der Waals surface area contributed by atoms with Crippen molar-refractivity contribution in [2.24, 2.45) is 15.0 Å². The van der Waals surface area contributed by atoms with E-state index in [0.717, 1.165) is 90.3 Å². The van der Waals surface area contributed by atoms with Crippen LogP contribution in [0.3, 0.4) is 0 Å². The van der Waals surface area contributed by atoms with Crippen LogP contribution in [0.1, 0.15) is 48.8 Å². The van der Waals surface area contributed by atoms with Gasteiger partial charge in [0.15, 0.2) is 0 Å². The Kier molecular flexibility index (Phi) is 10.0. The maximum Gasteiger partial charge on any atom is 0.0731 e. The molecule has 0 fully saturated rings. The van der Waals surface area contributed by atoms with E-state index in [1.165, 1.54) is 28.0 Å². The van der Waals surface area contributed by atoms with Crippen molar-refractivity contribution in [2.45, 2.75) is 44.9 Å². The maximum absolute atomic E-state index is 5.10. The lowest BCUT2D eigenvalue weighted by Crippen LogP contribution is -2.12. The quantitative estimate of drug-likeness (QED) is 0.142. The highest BCUT2D eigenvalue weighted by atomic mass is 15.1. The molecule has 0 amide bonds. The minimum atomic E-state index is 0.844. The van der Waals surface area contributed by atoms with Gasteiger partial charge < -0.3 is 4.90 Å². The van der Waals surface area contributed by atoms with Crippen LogP contribution in [0.5, 0.6) is 0 Å². The largest absolute Gasteiger partial charge is 0.310 e. The van der Waals surface area contributed by atoms with Gasteiger partial charge in [0.2, 0.25) is 0 Å². The number of aliphatic imine (C=N–C) groups is 3. The number of hydrogen-bond acceptors (Lipinski definition) is 4. The molecule has 0 radical (unpaired) electrons. The fourth-order valence-electron chi connectivity index (χ4n) is 6.83. The Labute approximate surface area is 295 Å². The first-order valence-electron chi connectivity index (χ1n) is 17.3. The van der Waals surface area contributed by atoms with Crippen molar-refractivity contribution in [3.8, 4) is 0 Å². The predicted molar refractivity (Wildman–Crippen MR) is 211 cm³/mol. The molecule has 3 aromatic carbocycles. The molecule has 0 atom stereocenters. The molecule has 0 spiro atoms. The number of hydrogen-bond donors (Lipinski definition) is 0. The lowest BCUT2D eigenvalue weighted by atomic mass is 9.99. The number of nitrogens with zero attached hydrogens (tertiary/aromatic N) is 4. The van der Waals surface area contributed by atoms with E-state index in [2.05, 4.69) is 131 Å².